The van der Waals surface area contributed by atoms with E-state index in [-0.39, 0.29) is 0 Å². The molecule has 2 aliphatic carbocycles. The van der Waals surface area contributed by atoms with E-state index in [0.717, 1.165) is 41.7 Å². The van der Waals surface area contributed by atoms with Gasteiger partial charge in [-0.1, -0.05) is 25.7 Å². The molecule has 2 saturated heterocycles. The molecule has 0 aromatic rings. The van der Waals surface area contributed by atoms with Gasteiger partial charge in [-0.3, -0.25) is 0 Å². The van der Waals surface area contributed by atoms with Crippen LogP contribution in [-0.4, -0.2) is 48.1 Å². The zero-order valence-electron chi connectivity index (χ0n) is 17.8. The van der Waals surface area contributed by atoms with E-state index in [4.69, 9.17) is 0 Å². The van der Waals surface area contributed by atoms with Gasteiger partial charge in [-0.05, 0) is 102 Å². The van der Waals surface area contributed by atoms with Crippen molar-refractivity contribution in [3.8, 4) is 0 Å². The van der Waals surface area contributed by atoms with E-state index in [0.29, 0.717) is 0 Å². The van der Waals surface area contributed by atoms with Gasteiger partial charge in [0.05, 0.1) is 0 Å². The third kappa shape index (κ3) is 4.32. The maximum Gasteiger partial charge on any atom is 0.00696 e. The molecule has 0 aromatic carbocycles. The number of hydrogen-bond donors (Lipinski definition) is 0. The van der Waals surface area contributed by atoms with Gasteiger partial charge in [0.25, 0.3) is 0 Å². The largest absolute Gasteiger partial charge is 0.301 e. The molecule has 2 unspecified atom stereocenters. The predicted octanol–water partition coefficient (Wildman–Crippen LogP) is 5.42. The quantitative estimate of drug-likeness (QED) is 0.660. The van der Waals surface area contributed by atoms with Gasteiger partial charge >= 0.3 is 0 Å². The molecule has 0 bridgehead atoms. The fourth-order valence-corrected chi connectivity index (χ4v) is 7.09. The van der Waals surface area contributed by atoms with Crippen LogP contribution in [0.4, 0.5) is 0 Å². The molecule has 2 saturated carbocycles. The van der Waals surface area contributed by atoms with E-state index in [9.17, 15) is 0 Å². The van der Waals surface area contributed by atoms with Crippen molar-refractivity contribution < 1.29 is 0 Å². The van der Waals surface area contributed by atoms with Crippen molar-refractivity contribution in [2.45, 2.75) is 97.1 Å². The summed E-state index contributed by atoms with van der Waals surface area (Å²) in [5, 5.41) is 0. The van der Waals surface area contributed by atoms with E-state index in [1.807, 2.05) is 0 Å². The Hall–Kier alpha value is -0.0800. The molecule has 0 spiro atoms. The zero-order valence-corrected chi connectivity index (χ0v) is 17.8. The van der Waals surface area contributed by atoms with Gasteiger partial charge in [0.1, 0.15) is 0 Å². The number of piperidine rings is 2. The van der Waals surface area contributed by atoms with E-state index in [1.54, 1.807) is 6.42 Å². The fourth-order valence-electron chi connectivity index (χ4n) is 7.09. The normalized spacial score (nSPS) is 40.8. The summed E-state index contributed by atoms with van der Waals surface area (Å²) in [5.41, 5.74) is 0. The summed E-state index contributed by atoms with van der Waals surface area (Å²) in [7, 11) is 0. The van der Waals surface area contributed by atoms with Gasteiger partial charge in [-0.15, -0.1) is 0 Å². The van der Waals surface area contributed by atoms with Crippen LogP contribution >= 0.6 is 0 Å². The van der Waals surface area contributed by atoms with Crippen LogP contribution in [0.3, 0.4) is 0 Å². The standard InChI is InChI=1S/C24H44N2/c1-18(2)25-12-11-22-15-20(8-9-24(22)16-25)14-19(3)26-13-10-21-6-4-5-7-23(21)17-26/h18-24H,4-17H2,1-3H3/t19?,20?,21-,22-,23+,24+/m0/s1. The molecule has 2 nitrogen and oxygen atoms in total. The molecule has 0 radical (unpaired) electrons. The first-order chi connectivity index (χ1) is 12.6. The number of hydrogen-bond acceptors (Lipinski definition) is 2. The summed E-state index contributed by atoms with van der Waals surface area (Å²) in [4.78, 5) is 5.62. The summed E-state index contributed by atoms with van der Waals surface area (Å²) in [6, 6.07) is 1.58. The van der Waals surface area contributed by atoms with Crippen LogP contribution in [0, 0.1) is 29.6 Å². The average molecular weight is 361 g/mol. The molecule has 2 heteroatoms. The van der Waals surface area contributed by atoms with E-state index in [2.05, 4.69) is 30.6 Å². The van der Waals surface area contributed by atoms with Gasteiger partial charge in [-0.25, -0.2) is 0 Å². The van der Waals surface area contributed by atoms with E-state index in [1.165, 1.54) is 84.0 Å². The molecule has 0 aromatic heterocycles. The summed E-state index contributed by atoms with van der Waals surface area (Å²) in [6.07, 6.45) is 15.1. The van der Waals surface area contributed by atoms with Crippen molar-refractivity contribution in [1.29, 1.82) is 0 Å². The summed E-state index contributed by atoms with van der Waals surface area (Å²) < 4.78 is 0. The Morgan fingerprint density at radius 2 is 1.35 bits per heavy atom. The highest BCUT2D eigenvalue weighted by molar-refractivity contribution is 4.90. The van der Waals surface area contributed by atoms with Crippen molar-refractivity contribution >= 4 is 0 Å². The minimum atomic E-state index is 0.747. The zero-order chi connectivity index (χ0) is 18.1. The topological polar surface area (TPSA) is 6.48 Å². The third-order valence-electron chi connectivity index (χ3n) is 8.86. The first-order valence-electron chi connectivity index (χ1n) is 12.1. The minimum Gasteiger partial charge on any atom is -0.301 e. The lowest BCUT2D eigenvalue weighted by Crippen LogP contribution is -2.48. The molecule has 0 N–H and O–H groups in total. The van der Waals surface area contributed by atoms with Crippen LogP contribution in [0.2, 0.25) is 0 Å². The average Bonchev–Trinajstić information content (AvgIpc) is 2.67. The van der Waals surface area contributed by atoms with Crippen LogP contribution in [0.1, 0.15) is 85.0 Å². The monoisotopic (exact) mass is 360 g/mol. The van der Waals surface area contributed by atoms with E-state index < -0.39 is 0 Å². The minimum absolute atomic E-state index is 0.747. The number of likely N-dealkylation sites (tertiary alicyclic amines) is 2. The lowest BCUT2D eigenvalue weighted by molar-refractivity contribution is 0.0270. The second-order valence-electron chi connectivity index (χ2n) is 10.7. The lowest BCUT2D eigenvalue weighted by atomic mass is 9.69. The maximum absolute atomic E-state index is 2.89. The number of rotatable bonds is 4. The highest BCUT2D eigenvalue weighted by Crippen LogP contribution is 2.42. The fraction of sp³-hybridized carbons (Fsp3) is 1.00. The van der Waals surface area contributed by atoms with Gasteiger partial charge in [0.2, 0.25) is 0 Å². The highest BCUT2D eigenvalue weighted by Gasteiger charge is 2.37. The van der Waals surface area contributed by atoms with Gasteiger partial charge < -0.3 is 9.80 Å². The maximum atomic E-state index is 2.89. The Morgan fingerprint density at radius 3 is 2.15 bits per heavy atom. The molecule has 26 heavy (non-hydrogen) atoms. The molecular weight excluding hydrogens is 316 g/mol. The highest BCUT2D eigenvalue weighted by atomic mass is 15.2. The van der Waals surface area contributed by atoms with Crippen LogP contribution in [0.5, 0.6) is 0 Å². The second-order valence-corrected chi connectivity index (χ2v) is 10.7. The second kappa shape index (κ2) is 8.52. The predicted molar refractivity (Wildman–Crippen MR) is 111 cm³/mol. The Balaban J connectivity index is 1.25. The van der Waals surface area contributed by atoms with E-state index >= 15 is 0 Å². The van der Waals surface area contributed by atoms with Crippen molar-refractivity contribution in [2.24, 2.45) is 29.6 Å². The summed E-state index contributed by atoms with van der Waals surface area (Å²) in [6.45, 7) is 12.9. The number of nitrogens with zero attached hydrogens (tertiary/aromatic N) is 2. The Kier molecular flexibility index (Phi) is 6.30. The van der Waals surface area contributed by atoms with Gasteiger partial charge in [-0.2, -0.15) is 0 Å². The molecule has 4 rings (SSSR count). The Morgan fingerprint density at radius 1 is 0.692 bits per heavy atom. The van der Waals surface area contributed by atoms with Crippen molar-refractivity contribution in [3.05, 3.63) is 0 Å². The summed E-state index contributed by atoms with van der Waals surface area (Å²) in [5.74, 6) is 5.18. The molecule has 150 valence electrons. The van der Waals surface area contributed by atoms with Crippen molar-refractivity contribution in [3.63, 3.8) is 0 Å². The van der Waals surface area contributed by atoms with Crippen LogP contribution < -0.4 is 0 Å². The smallest absolute Gasteiger partial charge is 0.00696 e. The van der Waals surface area contributed by atoms with Crippen LogP contribution in [-0.2, 0) is 0 Å². The molecule has 2 heterocycles. The van der Waals surface area contributed by atoms with Crippen LogP contribution in [0.15, 0.2) is 0 Å². The van der Waals surface area contributed by atoms with Crippen LogP contribution in [0.25, 0.3) is 0 Å². The molecule has 0 amide bonds. The first kappa shape index (κ1) is 19.2. The summed E-state index contributed by atoms with van der Waals surface area (Å²) >= 11 is 0. The van der Waals surface area contributed by atoms with Gasteiger partial charge in [0, 0.05) is 25.2 Å². The Labute approximate surface area is 163 Å². The SMILES string of the molecule is CC(C)N1CC[C@H]2CC(CC(C)N3CC[C@@H]4CCCC[C@@H]4C3)CC[C@@H]2C1. The lowest BCUT2D eigenvalue weighted by Gasteiger charge is -2.47. The Bertz CT molecular complexity index is 447. The first-order valence-corrected chi connectivity index (χ1v) is 12.1. The van der Waals surface area contributed by atoms with Crippen molar-refractivity contribution in [1.82, 2.24) is 9.80 Å². The molecule has 4 aliphatic rings. The molecule has 6 atom stereocenters. The molecule has 2 aliphatic heterocycles. The molecular formula is C24H44N2. The third-order valence-corrected chi connectivity index (χ3v) is 8.86. The van der Waals surface area contributed by atoms with Crippen molar-refractivity contribution in [2.75, 3.05) is 26.2 Å². The number of fused-ring (bicyclic) bond motifs is 2. The molecule has 4 fully saturated rings. The van der Waals surface area contributed by atoms with Gasteiger partial charge in [0.15, 0.2) is 0 Å².